The zero-order valence-electron chi connectivity index (χ0n) is 15.4. The summed E-state index contributed by atoms with van der Waals surface area (Å²) >= 11 is 3.44. The standard InChI is InChI=1S/C21H23BrN2O3S/c22-17-6-4-16(5-7-17)21(13-14-21)23-20(25)12-3-15-1-10-19(11-2-15)28(26,27)24-18-8-9-18/h1-2,4-7,10-11,18,24H,3,8-9,12-14H2,(H,23,25). The van der Waals surface area contributed by atoms with Gasteiger partial charge in [-0.15, -0.1) is 0 Å². The lowest BCUT2D eigenvalue weighted by Gasteiger charge is -2.18. The van der Waals surface area contributed by atoms with Gasteiger partial charge in [-0.05, 0) is 67.5 Å². The molecule has 5 nitrogen and oxygen atoms in total. The molecule has 0 spiro atoms. The van der Waals surface area contributed by atoms with Crippen LogP contribution in [0, 0.1) is 0 Å². The Labute approximate surface area is 174 Å². The lowest BCUT2D eigenvalue weighted by atomic mass is 10.0. The van der Waals surface area contributed by atoms with Gasteiger partial charge in [-0.25, -0.2) is 13.1 Å². The highest BCUT2D eigenvalue weighted by molar-refractivity contribution is 9.10. The molecule has 2 aromatic carbocycles. The lowest BCUT2D eigenvalue weighted by Crippen LogP contribution is -2.34. The smallest absolute Gasteiger partial charge is 0.240 e. The summed E-state index contributed by atoms with van der Waals surface area (Å²) in [5.74, 6) is 0.0208. The average molecular weight is 463 g/mol. The Morgan fingerprint density at radius 3 is 2.25 bits per heavy atom. The maximum atomic E-state index is 12.4. The molecule has 2 N–H and O–H groups in total. The van der Waals surface area contributed by atoms with E-state index in [1.165, 1.54) is 0 Å². The van der Waals surface area contributed by atoms with Crippen molar-refractivity contribution in [3.63, 3.8) is 0 Å². The number of nitrogens with one attached hydrogen (secondary N) is 2. The fourth-order valence-corrected chi connectivity index (χ4v) is 4.86. The van der Waals surface area contributed by atoms with Gasteiger partial charge in [0.15, 0.2) is 0 Å². The molecule has 0 saturated heterocycles. The first-order chi connectivity index (χ1) is 13.4. The van der Waals surface area contributed by atoms with Gasteiger partial charge in [-0.3, -0.25) is 4.79 Å². The third-order valence-corrected chi connectivity index (χ3v) is 7.36. The number of carbonyl (C=O) groups excluding carboxylic acids is 1. The van der Waals surface area contributed by atoms with Crippen LogP contribution in [0.5, 0.6) is 0 Å². The summed E-state index contributed by atoms with van der Waals surface area (Å²) in [6.07, 6.45) is 4.70. The molecule has 2 aromatic rings. The molecular weight excluding hydrogens is 440 g/mol. The summed E-state index contributed by atoms with van der Waals surface area (Å²) in [5.41, 5.74) is 1.88. The molecule has 1 amide bonds. The van der Waals surface area contributed by atoms with Gasteiger partial charge in [0.2, 0.25) is 15.9 Å². The first-order valence-corrected chi connectivity index (χ1v) is 11.8. The Bertz CT molecular complexity index is 964. The summed E-state index contributed by atoms with van der Waals surface area (Å²) in [6.45, 7) is 0. The summed E-state index contributed by atoms with van der Waals surface area (Å²) in [6, 6.07) is 15.0. The van der Waals surface area contributed by atoms with Crippen LogP contribution in [-0.2, 0) is 26.8 Å². The van der Waals surface area contributed by atoms with Crippen LogP contribution in [0.15, 0.2) is 57.9 Å². The summed E-state index contributed by atoms with van der Waals surface area (Å²) in [4.78, 5) is 12.7. The van der Waals surface area contributed by atoms with Gasteiger partial charge < -0.3 is 5.32 Å². The number of hydrogen-bond acceptors (Lipinski definition) is 3. The molecule has 0 atom stereocenters. The first-order valence-electron chi connectivity index (χ1n) is 9.55. The molecule has 0 aliphatic heterocycles. The molecule has 2 saturated carbocycles. The second-order valence-electron chi connectivity index (χ2n) is 7.68. The van der Waals surface area contributed by atoms with Crippen molar-refractivity contribution >= 4 is 31.9 Å². The van der Waals surface area contributed by atoms with Gasteiger partial charge in [0, 0.05) is 16.9 Å². The molecule has 0 aromatic heterocycles. The van der Waals surface area contributed by atoms with Gasteiger partial charge >= 0.3 is 0 Å². The number of halogens is 1. The number of carbonyl (C=O) groups is 1. The van der Waals surface area contributed by atoms with E-state index in [2.05, 4.69) is 26.0 Å². The van der Waals surface area contributed by atoms with E-state index >= 15 is 0 Å². The van der Waals surface area contributed by atoms with Crippen LogP contribution >= 0.6 is 15.9 Å². The topological polar surface area (TPSA) is 75.3 Å². The highest BCUT2D eigenvalue weighted by Gasteiger charge is 2.45. The van der Waals surface area contributed by atoms with E-state index in [0.29, 0.717) is 12.8 Å². The first kappa shape index (κ1) is 19.6. The monoisotopic (exact) mass is 462 g/mol. The molecule has 2 aliphatic rings. The Balaban J connectivity index is 1.32. The van der Waals surface area contributed by atoms with Crippen LogP contribution in [0.25, 0.3) is 0 Å². The van der Waals surface area contributed by atoms with Crippen LogP contribution in [0.4, 0.5) is 0 Å². The molecule has 4 rings (SSSR count). The van der Waals surface area contributed by atoms with Crippen molar-refractivity contribution in [2.45, 2.75) is 55.0 Å². The number of hydrogen-bond donors (Lipinski definition) is 2. The largest absolute Gasteiger partial charge is 0.347 e. The zero-order valence-corrected chi connectivity index (χ0v) is 17.9. The quantitative estimate of drug-likeness (QED) is 0.628. The molecule has 148 valence electrons. The number of amides is 1. The van der Waals surface area contributed by atoms with E-state index in [9.17, 15) is 13.2 Å². The molecule has 0 heterocycles. The van der Waals surface area contributed by atoms with Crippen molar-refractivity contribution in [3.05, 3.63) is 64.1 Å². The van der Waals surface area contributed by atoms with Gasteiger partial charge in [0.1, 0.15) is 0 Å². The van der Waals surface area contributed by atoms with Crippen molar-refractivity contribution in [2.75, 3.05) is 0 Å². The second kappa shape index (κ2) is 7.61. The molecule has 2 fully saturated rings. The van der Waals surface area contributed by atoms with Crippen molar-refractivity contribution < 1.29 is 13.2 Å². The Kier molecular flexibility index (Phi) is 5.33. The van der Waals surface area contributed by atoms with Crippen LogP contribution in [0.3, 0.4) is 0 Å². The van der Waals surface area contributed by atoms with Crippen molar-refractivity contribution in [1.82, 2.24) is 10.0 Å². The number of aryl methyl sites for hydroxylation is 1. The van der Waals surface area contributed by atoms with Crippen LogP contribution < -0.4 is 10.0 Å². The van der Waals surface area contributed by atoms with Gasteiger partial charge in [0.05, 0.1) is 10.4 Å². The van der Waals surface area contributed by atoms with E-state index in [4.69, 9.17) is 0 Å². The van der Waals surface area contributed by atoms with Crippen LogP contribution in [0.2, 0.25) is 0 Å². The predicted octanol–water partition coefficient (Wildman–Crippen LogP) is 3.63. The molecule has 7 heteroatoms. The molecular formula is C21H23BrN2O3S. The van der Waals surface area contributed by atoms with E-state index in [0.717, 1.165) is 41.3 Å². The van der Waals surface area contributed by atoms with E-state index in [1.807, 2.05) is 24.3 Å². The predicted molar refractivity (Wildman–Crippen MR) is 111 cm³/mol. The lowest BCUT2D eigenvalue weighted by molar-refractivity contribution is -0.122. The molecule has 2 aliphatic carbocycles. The van der Waals surface area contributed by atoms with E-state index in [-0.39, 0.29) is 22.4 Å². The average Bonchev–Trinajstić information content (AvgIpc) is 3.59. The summed E-state index contributed by atoms with van der Waals surface area (Å²) in [5, 5.41) is 3.18. The Morgan fingerprint density at radius 1 is 1.04 bits per heavy atom. The van der Waals surface area contributed by atoms with Crippen LogP contribution in [-0.4, -0.2) is 20.4 Å². The SMILES string of the molecule is O=C(CCc1ccc(S(=O)(=O)NC2CC2)cc1)NC1(c2ccc(Br)cc2)CC1. The second-order valence-corrected chi connectivity index (χ2v) is 10.3. The van der Waals surface area contributed by atoms with E-state index in [1.54, 1.807) is 24.3 Å². The minimum atomic E-state index is -3.43. The maximum Gasteiger partial charge on any atom is 0.240 e. The highest BCUT2D eigenvalue weighted by Crippen LogP contribution is 2.45. The van der Waals surface area contributed by atoms with Crippen molar-refractivity contribution in [1.29, 1.82) is 0 Å². The maximum absolute atomic E-state index is 12.4. The summed E-state index contributed by atoms with van der Waals surface area (Å²) < 4.78 is 28.1. The molecule has 28 heavy (non-hydrogen) atoms. The zero-order chi connectivity index (χ0) is 19.8. The van der Waals surface area contributed by atoms with Gasteiger partial charge in [-0.2, -0.15) is 0 Å². The van der Waals surface area contributed by atoms with Crippen molar-refractivity contribution in [3.8, 4) is 0 Å². The van der Waals surface area contributed by atoms with Gasteiger partial charge in [-0.1, -0.05) is 40.2 Å². The third kappa shape index (κ3) is 4.64. The number of sulfonamides is 1. The number of benzene rings is 2. The van der Waals surface area contributed by atoms with Crippen LogP contribution in [0.1, 0.15) is 43.2 Å². The number of rotatable bonds is 8. The van der Waals surface area contributed by atoms with Crippen molar-refractivity contribution in [2.24, 2.45) is 0 Å². The fraction of sp³-hybridized carbons (Fsp3) is 0.381. The minimum Gasteiger partial charge on any atom is -0.347 e. The third-order valence-electron chi connectivity index (χ3n) is 5.30. The fourth-order valence-electron chi connectivity index (χ4n) is 3.29. The van der Waals surface area contributed by atoms with Gasteiger partial charge in [0.25, 0.3) is 0 Å². The minimum absolute atomic E-state index is 0.0208. The Hall–Kier alpha value is -1.70. The molecule has 0 unspecified atom stereocenters. The molecule has 0 bridgehead atoms. The summed E-state index contributed by atoms with van der Waals surface area (Å²) in [7, 11) is -3.43. The molecule has 0 radical (unpaired) electrons. The Morgan fingerprint density at radius 2 is 1.68 bits per heavy atom. The normalized spacial score (nSPS) is 17.9. The van der Waals surface area contributed by atoms with E-state index < -0.39 is 10.0 Å². The highest BCUT2D eigenvalue weighted by atomic mass is 79.9.